The second-order valence-electron chi connectivity index (χ2n) is 4.25. The Bertz CT molecular complexity index is 819. The zero-order valence-corrected chi connectivity index (χ0v) is 14.0. The summed E-state index contributed by atoms with van der Waals surface area (Å²) < 4.78 is 0. The fraction of sp³-hybridized carbons (Fsp3) is 0.0769. The molecule has 0 saturated carbocycles. The molecule has 0 amide bonds. The molecule has 0 spiro atoms. The summed E-state index contributed by atoms with van der Waals surface area (Å²) in [6, 6.07) is 7.40. The van der Waals surface area contributed by atoms with Crippen LogP contribution in [0.1, 0.15) is 4.88 Å². The number of rotatable bonds is 3. The molecule has 21 heavy (non-hydrogen) atoms. The molecule has 4 nitrogen and oxygen atoms in total. The van der Waals surface area contributed by atoms with E-state index in [9.17, 15) is 0 Å². The Kier molecular flexibility index (Phi) is 4.24. The number of halogens is 2. The summed E-state index contributed by atoms with van der Waals surface area (Å²) in [6.45, 7) is 2.03. The van der Waals surface area contributed by atoms with Crippen LogP contribution < -0.4 is 11.3 Å². The molecule has 0 fully saturated rings. The minimum Gasteiger partial charge on any atom is -0.292 e. The summed E-state index contributed by atoms with van der Waals surface area (Å²) in [5.41, 5.74) is 2.49. The van der Waals surface area contributed by atoms with Gasteiger partial charge >= 0.3 is 0 Å². The van der Waals surface area contributed by atoms with Crippen LogP contribution in [0.25, 0.3) is 10.2 Å². The molecule has 0 bridgehead atoms. The number of nitrogens with one attached hydrogen (secondary N) is 1. The molecule has 0 atom stereocenters. The molecule has 2 heterocycles. The SMILES string of the molecule is Cc1cc2c(Sc3cc(Cl)ccc3Cl)nc(NN)nc2s1. The minimum absolute atomic E-state index is 0.380. The Morgan fingerprint density at radius 3 is 2.81 bits per heavy atom. The van der Waals surface area contributed by atoms with Crippen molar-refractivity contribution in [3.8, 4) is 0 Å². The lowest BCUT2D eigenvalue weighted by atomic mass is 10.4. The van der Waals surface area contributed by atoms with Gasteiger partial charge in [-0.1, -0.05) is 35.0 Å². The topological polar surface area (TPSA) is 63.8 Å². The number of nitrogens with zero attached hydrogens (tertiary/aromatic N) is 2. The van der Waals surface area contributed by atoms with Gasteiger partial charge < -0.3 is 0 Å². The Labute approximate surface area is 139 Å². The quantitative estimate of drug-likeness (QED) is 0.403. The maximum atomic E-state index is 6.22. The van der Waals surface area contributed by atoms with E-state index in [0.717, 1.165) is 25.0 Å². The average Bonchev–Trinajstić information content (AvgIpc) is 2.83. The van der Waals surface area contributed by atoms with Gasteiger partial charge in [0.2, 0.25) is 5.95 Å². The highest BCUT2D eigenvalue weighted by Crippen LogP contribution is 2.39. The van der Waals surface area contributed by atoms with E-state index >= 15 is 0 Å². The molecular formula is C13H10Cl2N4S2. The Morgan fingerprint density at radius 2 is 2.05 bits per heavy atom. The van der Waals surface area contributed by atoms with Crippen molar-refractivity contribution in [3.05, 3.63) is 39.2 Å². The van der Waals surface area contributed by atoms with E-state index in [0.29, 0.717) is 16.0 Å². The van der Waals surface area contributed by atoms with Gasteiger partial charge in [-0.25, -0.2) is 15.8 Å². The number of aromatic nitrogens is 2. The normalized spacial score (nSPS) is 11.0. The molecule has 0 radical (unpaired) electrons. The van der Waals surface area contributed by atoms with E-state index < -0.39 is 0 Å². The summed E-state index contributed by atoms with van der Waals surface area (Å²) in [6.07, 6.45) is 0. The van der Waals surface area contributed by atoms with Crippen molar-refractivity contribution < 1.29 is 0 Å². The van der Waals surface area contributed by atoms with Crippen molar-refractivity contribution in [2.75, 3.05) is 5.43 Å². The number of hydrogen-bond donors (Lipinski definition) is 2. The van der Waals surface area contributed by atoms with Crippen LogP contribution >= 0.6 is 46.3 Å². The first-order chi connectivity index (χ1) is 10.1. The van der Waals surface area contributed by atoms with Crippen LogP contribution in [0, 0.1) is 6.92 Å². The van der Waals surface area contributed by atoms with Gasteiger partial charge in [-0.2, -0.15) is 0 Å². The fourth-order valence-electron chi connectivity index (χ4n) is 1.82. The second kappa shape index (κ2) is 5.98. The van der Waals surface area contributed by atoms with E-state index in [2.05, 4.69) is 21.5 Å². The van der Waals surface area contributed by atoms with Crippen LogP contribution in [0.5, 0.6) is 0 Å². The predicted molar refractivity (Wildman–Crippen MR) is 90.5 cm³/mol. The predicted octanol–water partition coefficient (Wildman–Crippen LogP) is 4.74. The van der Waals surface area contributed by atoms with Crippen LogP contribution in [0.4, 0.5) is 5.95 Å². The highest BCUT2D eigenvalue weighted by Gasteiger charge is 2.13. The van der Waals surface area contributed by atoms with E-state index in [-0.39, 0.29) is 0 Å². The molecule has 108 valence electrons. The van der Waals surface area contributed by atoms with Gasteiger partial charge in [0.1, 0.15) is 9.86 Å². The van der Waals surface area contributed by atoms with Crippen LogP contribution in [-0.2, 0) is 0 Å². The van der Waals surface area contributed by atoms with Gasteiger partial charge in [-0.05, 0) is 31.2 Å². The van der Waals surface area contributed by atoms with Crippen LogP contribution in [0.15, 0.2) is 34.2 Å². The third kappa shape index (κ3) is 3.09. The number of anilines is 1. The summed E-state index contributed by atoms with van der Waals surface area (Å²) >= 11 is 15.3. The molecule has 0 unspecified atom stereocenters. The third-order valence-electron chi connectivity index (χ3n) is 2.71. The van der Waals surface area contributed by atoms with Crippen LogP contribution in [0.2, 0.25) is 10.0 Å². The highest BCUT2D eigenvalue weighted by atomic mass is 35.5. The maximum absolute atomic E-state index is 6.22. The Morgan fingerprint density at radius 1 is 1.24 bits per heavy atom. The van der Waals surface area contributed by atoms with Crippen molar-refractivity contribution in [1.82, 2.24) is 9.97 Å². The molecule has 3 rings (SSSR count). The lowest BCUT2D eigenvalue weighted by Gasteiger charge is -2.07. The number of hydrogen-bond acceptors (Lipinski definition) is 6. The average molecular weight is 357 g/mol. The summed E-state index contributed by atoms with van der Waals surface area (Å²) in [5, 5.41) is 3.04. The molecule has 2 aromatic heterocycles. The lowest BCUT2D eigenvalue weighted by Crippen LogP contribution is -2.10. The molecule has 0 aliphatic rings. The molecule has 0 aliphatic carbocycles. The molecular weight excluding hydrogens is 347 g/mol. The van der Waals surface area contributed by atoms with Crippen molar-refractivity contribution in [1.29, 1.82) is 0 Å². The monoisotopic (exact) mass is 356 g/mol. The number of aryl methyl sites for hydroxylation is 1. The van der Waals surface area contributed by atoms with E-state index in [4.69, 9.17) is 29.0 Å². The first-order valence-electron chi connectivity index (χ1n) is 5.94. The summed E-state index contributed by atoms with van der Waals surface area (Å²) in [5.74, 6) is 5.82. The number of hydrazine groups is 1. The number of fused-ring (bicyclic) bond motifs is 1. The van der Waals surface area contributed by atoms with Gasteiger partial charge in [0, 0.05) is 20.2 Å². The first-order valence-corrected chi connectivity index (χ1v) is 8.33. The lowest BCUT2D eigenvalue weighted by molar-refractivity contribution is 1.08. The molecule has 0 aliphatic heterocycles. The zero-order chi connectivity index (χ0) is 15.0. The largest absolute Gasteiger partial charge is 0.292 e. The third-order valence-corrected chi connectivity index (χ3v) is 5.39. The molecule has 3 aromatic rings. The Balaban J connectivity index is 2.12. The van der Waals surface area contributed by atoms with Crippen LogP contribution in [-0.4, -0.2) is 9.97 Å². The highest BCUT2D eigenvalue weighted by molar-refractivity contribution is 7.99. The van der Waals surface area contributed by atoms with E-state index in [1.807, 2.05) is 13.0 Å². The maximum Gasteiger partial charge on any atom is 0.239 e. The first kappa shape index (κ1) is 14.9. The number of nitrogen functional groups attached to an aromatic ring is 1. The number of benzene rings is 1. The number of nitrogens with two attached hydrogens (primary N) is 1. The Hall–Kier alpha value is -1.05. The number of thiophene rings is 1. The minimum atomic E-state index is 0.380. The van der Waals surface area contributed by atoms with E-state index in [1.165, 1.54) is 11.8 Å². The van der Waals surface area contributed by atoms with Crippen molar-refractivity contribution in [3.63, 3.8) is 0 Å². The van der Waals surface area contributed by atoms with Gasteiger partial charge in [0.25, 0.3) is 0 Å². The van der Waals surface area contributed by atoms with Gasteiger partial charge in [0.05, 0.1) is 5.02 Å². The smallest absolute Gasteiger partial charge is 0.239 e. The van der Waals surface area contributed by atoms with Crippen molar-refractivity contribution in [2.24, 2.45) is 5.84 Å². The van der Waals surface area contributed by atoms with E-state index in [1.54, 1.807) is 23.5 Å². The summed E-state index contributed by atoms with van der Waals surface area (Å²) in [7, 11) is 0. The summed E-state index contributed by atoms with van der Waals surface area (Å²) in [4.78, 5) is 11.7. The van der Waals surface area contributed by atoms with Gasteiger partial charge in [0.15, 0.2) is 0 Å². The van der Waals surface area contributed by atoms with Gasteiger partial charge in [-0.3, -0.25) is 5.43 Å². The van der Waals surface area contributed by atoms with Crippen molar-refractivity contribution >= 4 is 62.5 Å². The molecule has 0 saturated heterocycles. The molecule has 3 N–H and O–H groups in total. The van der Waals surface area contributed by atoms with Crippen molar-refractivity contribution in [2.45, 2.75) is 16.8 Å². The van der Waals surface area contributed by atoms with Gasteiger partial charge in [-0.15, -0.1) is 11.3 Å². The van der Waals surface area contributed by atoms with Crippen LogP contribution in [0.3, 0.4) is 0 Å². The fourth-order valence-corrected chi connectivity index (χ4v) is 4.19. The second-order valence-corrected chi connectivity index (χ2v) is 7.36. The zero-order valence-electron chi connectivity index (χ0n) is 10.9. The molecule has 8 heteroatoms. The standard InChI is InChI=1S/C13H10Cl2N4S2/c1-6-4-8-11(20-6)17-13(19-16)18-12(8)21-10-5-7(14)2-3-9(10)15/h2-5H,16H2,1H3,(H,17,18,19). The molecule has 1 aromatic carbocycles.